The van der Waals surface area contributed by atoms with Gasteiger partial charge in [0.1, 0.15) is 0 Å². The third kappa shape index (κ3) is 5.19. The van der Waals surface area contributed by atoms with Gasteiger partial charge in [-0.15, -0.1) is 0 Å². The maximum atomic E-state index is 11.2. The zero-order valence-electron chi connectivity index (χ0n) is 10.3. The number of hydrogen-bond donors (Lipinski definition) is 2. The Kier molecular flexibility index (Phi) is 5.85. The lowest BCUT2D eigenvalue weighted by Crippen LogP contribution is -2.24. The molecule has 0 bridgehead atoms. The maximum Gasteiger partial charge on any atom is 0.221 e. The van der Waals surface area contributed by atoms with Crippen LogP contribution in [0.3, 0.4) is 0 Å². The number of carbonyl (C=O) groups is 1. The van der Waals surface area contributed by atoms with Crippen LogP contribution in [0.4, 0.5) is 5.69 Å². The Morgan fingerprint density at radius 3 is 2.82 bits per heavy atom. The summed E-state index contributed by atoms with van der Waals surface area (Å²) in [5.41, 5.74) is 0.887. The van der Waals surface area contributed by atoms with Crippen molar-refractivity contribution in [3.63, 3.8) is 0 Å². The van der Waals surface area contributed by atoms with Crippen molar-refractivity contribution in [1.29, 1.82) is 0 Å². The summed E-state index contributed by atoms with van der Waals surface area (Å²) < 4.78 is 5.23. The highest BCUT2D eigenvalue weighted by molar-refractivity contribution is 5.76. The summed E-state index contributed by atoms with van der Waals surface area (Å²) in [5.74, 6) is 0.667. The SMILES string of the molecule is CCNC(=O)CCNc1ccc(OCC)nc1. The Morgan fingerprint density at radius 2 is 2.24 bits per heavy atom. The van der Waals surface area contributed by atoms with Crippen LogP contribution in [-0.2, 0) is 4.79 Å². The normalized spacial score (nSPS) is 9.76. The van der Waals surface area contributed by atoms with Crippen LogP contribution < -0.4 is 15.4 Å². The van der Waals surface area contributed by atoms with Gasteiger partial charge in [-0.3, -0.25) is 4.79 Å². The van der Waals surface area contributed by atoms with Gasteiger partial charge in [-0.2, -0.15) is 0 Å². The third-order valence-corrected chi connectivity index (χ3v) is 2.08. The van der Waals surface area contributed by atoms with Crippen LogP contribution in [0, 0.1) is 0 Å². The van der Waals surface area contributed by atoms with Gasteiger partial charge in [0.15, 0.2) is 0 Å². The summed E-state index contributed by atoms with van der Waals surface area (Å²) in [6, 6.07) is 3.69. The molecule has 0 atom stereocenters. The Morgan fingerprint density at radius 1 is 1.41 bits per heavy atom. The smallest absolute Gasteiger partial charge is 0.221 e. The summed E-state index contributed by atoms with van der Waals surface area (Å²) in [4.78, 5) is 15.3. The van der Waals surface area contributed by atoms with Gasteiger partial charge in [0.2, 0.25) is 11.8 Å². The molecule has 0 aromatic carbocycles. The van der Waals surface area contributed by atoms with E-state index in [1.165, 1.54) is 0 Å². The highest BCUT2D eigenvalue weighted by Crippen LogP contribution is 2.11. The molecule has 0 aliphatic carbocycles. The summed E-state index contributed by atoms with van der Waals surface area (Å²) in [6.45, 7) is 5.70. The second kappa shape index (κ2) is 7.49. The molecule has 0 aliphatic rings. The molecule has 5 heteroatoms. The van der Waals surface area contributed by atoms with Gasteiger partial charge in [0.25, 0.3) is 0 Å². The van der Waals surface area contributed by atoms with Gasteiger partial charge in [-0.1, -0.05) is 0 Å². The van der Waals surface area contributed by atoms with E-state index in [1.807, 2.05) is 19.9 Å². The standard InChI is InChI=1S/C12H19N3O2/c1-3-13-11(16)7-8-14-10-5-6-12(15-9-10)17-4-2/h5-6,9,14H,3-4,7-8H2,1-2H3,(H,13,16). The van der Waals surface area contributed by atoms with Crippen molar-refractivity contribution in [2.75, 3.05) is 25.0 Å². The Bertz CT molecular complexity index is 338. The number of rotatable bonds is 7. The lowest BCUT2D eigenvalue weighted by atomic mass is 10.3. The first-order valence-electron chi connectivity index (χ1n) is 5.85. The van der Waals surface area contributed by atoms with E-state index in [2.05, 4.69) is 15.6 Å². The molecule has 5 nitrogen and oxygen atoms in total. The fourth-order valence-corrected chi connectivity index (χ4v) is 1.32. The summed E-state index contributed by atoms with van der Waals surface area (Å²) in [5, 5.41) is 5.87. The molecule has 1 aromatic rings. The number of nitrogens with zero attached hydrogens (tertiary/aromatic N) is 1. The van der Waals surface area contributed by atoms with Crippen LogP contribution >= 0.6 is 0 Å². The summed E-state index contributed by atoms with van der Waals surface area (Å²) >= 11 is 0. The summed E-state index contributed by atoms with van der Waals surface area (Å²) in [7, 11) is 0. The van der Waals surface area contributed by atoms with Gasteiger partial charge in [-0.05, 0) is 19.9 Å². The average molecular weight is 237 g/mol. The van der Waals surface area contributed by atoms with E-state index in [4.69, 9.17) is 4.74 Å². The van der Waals surface area contributed by atoms with E-state index in [9.17, 15) is 4.79 Å². The van der Waals surface area contributed by atoms with Crippen molar-refractivity contribution < 1.29 is 9.53 Å². The van der Waals surface area contributed by atoms with Crippen LogP contribution in [0.2, 0.25) is 0 Å². The predicted molar refractivity (Wildman–Crippen MR) is 67.2 cm³/mol. The first-order valence-corrected chi connectivity index (χ1v) is 5.85. The summed E-state index contributed by atoms with van der Waals surface area (Å²) in [6.07, 6.45) is 2.16. The van der Waals surface area contributed by atoms with E-state index in [1.54, 1.807) is 12.3 Å². The van der Waals surface area contributed by atoms with Gasteiger partial charge in [0.05, 0.1) is 18.5 Å². The number of nitrogens with one attached hydrogen (secondary N) is 2. The third-order valence-electron chi connectivity index (χ3n) is 2.08. The molecule has 0 radical (unpaired) electrons. The van der Waals surface area contributed by atoms with Gasteiger partial charge in [-0.25, -0.2) is 4.98 Å². The Hall–Kier alpha value is -1.78. The largest absolute Gasteiger partial charge is 0.478 e. The van der Waals surface area contributed by atoms with Crippen molar-refractivity contribution in [2.24, 2.45) is 0 Å². The minimum Gasteiger partial charge on any atom is -0.478 e. The first-order chi connectivity index (χ1) is 8.26. The van der Waals surface area contributed by atoms with Crippen LogP contribution in [0.25, 0.3) is 0 Å². The maximum absolute atomic E-state index is 11.2. The fourth-order valence-electron chi connectivity index (χ4n) is 1.32. The average Bonchev–Trinajstić information content (AvgIpc) is 2.32. The molecule has 0 fully saturated rings. The van der Waals surface area contributed by atoms with E-state index in [0.717, 1.165) is 5.69 Å². The Labute approximate surface area is 102 Å². The van der Waals surface area contributed by atoms with Crippen LogP contribution in [0.15, 0.2) is 18.3 Å². The van der Waals surface area contributed by atoms with Crippen molar-refractivity contribution >= 4 is 11.6 Å². The molecule has 0 spiro atoms. The number of amides is 1. The van der Waals surface area contributed by atoms with Crippen molar-refractivity contribution in [3.8, 4) is 5.88 Å². The molecule has 0 aliphatic heterocycles. The lowest BCUT2D eigenvalue weighted by Gasteiger charge is -2.07. The molecule has 0 saturated heterocycles. The van der Waals surface area contributed by atoms with Gasteiger partial charge >= 0.3 is 0 Å². The molecule has 2 N–H and O–H groups in total. The number of aromatic nitrogens is 1. The molecule has 0 saturated carbocycles. The quantitative estimate of drug-likeness (QED) is 0.752. The molecule has 1 amide bonds. The molecule has 17 heavy (non-hydrogen) atoms. The van der Waals surface area contributed by atoms with E-state index >= 15 is 0 Å². The molecule has 1 aromatic heterocycles. The molecule has 0 unspecified atom stereocenters. The number of carbonyl (C=O) groups excluding carboxylic acids is 1. The number of pyridine rings is 1. The number of ether oxygens (including phenoxy) is 1. The topological polar surface area (TPSA) is 63.2 Å². The minimum absolute atomic E-state index is 0.0545. The predicted octanol–water partition coefficient (Wildman–Crippen LogP) is 1.42. The highest BCUT2D eigenvalue weighted by Gasteiger charge is 1.99. The second-order valence-corrected chi connectivity index (χ2v) is 3.45. The van der Waals surface area contributed by atoms with E-state index in [0.29, 0.717) is 32.0 Å². The zero-order valence-corrected chi connectivity index (χ0v) is 10.3. The van der Waals surface area contributed by atoms with Crippen molar-refractivity contribution in [1.82, 2.24) is 10.3 Å². The van der Waals surface area contributed by atoms with Crippen LogP contribution in [0.5, 0.6) is 5.88 Å². The van der Waals surface area contributed by atoms with Crippen LogP contribution in [0.1, 0.15) is 20.3 Å². The first kappa shape index (κ1) is 13.3. The number of anilines is 1. The second-order valence-electron chi connectivity index (χ2n) is 3.45. The van der Waals surface area contributed by atoms with Gasteiger partial charge < -0.3 is 15.4 Å². The molecular weight excluding hydrogens is 218 g/mol. The molecular formula is C12H19N3O2. The molecule has 94 valence electrons. The number of hydrogen-bond acceptors (Lipinski definition) is 4. The fraction of sp³-hybridized carbons (Fsp3) is 0.500. The zero-order chi connectivity index (χ0) is 12.5. The van der Waals surface area contributed by atoms with Gasteiger partial charge in [0, 0.05) is 25.6 Å². The minimum atomic E-state index is 0.0545. The van der Waals surface area contributed by atoms with Crippen molar-refractivity contribution in [3.05, 3.63) is 18.3 Å². The van der Waals surface area contributed by atoms with Crippen LogP contribution in [-0.4, -0.2) is 30.6 Å². The van der Waals surface area contributed by atoms with E-state index in [-0.39, 0.29) is 5.91 Å². The molecule has 1 heterocycles. The lowest BCUT2D eigenvalue weighted by molar-refractivity contribution is -0.120. The van der Waals surface area contributed by atoms with E-state index < -0.39 is 0 Å². The Balaban J connectivity index is 2.29. The monoisotopic (exact) mass is 237 g/mol. The highest BCUT2D eigenvalue weighted by atomic mass is 16.5. The van der Waals surface area contributed by atoms with Crippen molar-refractivity contribution in [2.45, 2.75) is 20.3 Å². The molecule has 1 rings (SSSR count).